The van der Waals surface area contributed by atoms with Gasteiger partial charge < -0.3 is 4.74 Å². The van der Waals surface area contributed by atoms with E-state index in [4.69, 9.17) is 27.9 Å². The molecule has 6 heteroatoms. The van der Waals surface area contributed by atoms with Gasteiger partial charge in [-0.1, -0.05) is 61.1 Å². The molecule has 1 nitrogen and oxygen atoms in total. The lowest BCUT2D eigenvalue weighted by Gasteiger charge is -2.16. The van der Waals surface area contributed by atoms with Crippen LogP contribution in [0, 0.1) is 5.82 Å². The van der Waals surface area contributed by atoms with Crippen molar-refractivity contribution in [3.05, 3.63) is 61.8 Å². The van der Waals surface area contributed by atoms with Gasteiger partial charge in [0.05, 0.1) is 17.0 Å². The van der Waals surface area contributed by atoms with Crippen molar-refractivity contribution in [1.82, 2.24) is 0 Å². The Morgan fingerprint density at radius 2 is 1.90 bits per heavy atom. The van der Waals surface area contributed by atoms with Crippen molar-refractivity contribution >= 4 is 55.1 Å². The van der Waals surface area contributed by atoms with E-state index in [2.05, 4.69) is 31.9 Å². The normalized spacial score (nSPS) is 12.3. The molecule has 0 fully saturated rings. The number of methoxy groups -OCH3 is 1. The smallest absolute Gasteiger partial charge is 0.138 e. The van der Waals surface area contributed by atoms with Crippen LogP contribution in [-0.2, 0) is 0 Å². The Morgan fingerprint density at radius 1 is 1.20 bits per heavy atom. The Bertz CT molecular complexity index is 629. The molecule has 0 saturated carbocycles. The van der Waals surface area contributed by atoms with Crippen molar-refractivity contribution in [3.8, 4) is 5.75 Å². The van der Waals surface area contributed by atoms with Crippen LogP contribution in [0.1, 0.15) is 16.0 Å². The van der Waals surface area contributed by atoms with Crippen LogP contribution in [0.5, 0.6) is 5.75 Å². The Hall–Kier alpha value is -0.290. The van der Waals surface area contributed by atoms with Crippen LogP contribution in [0.15, 0.2) is 34.8 Å². The maximum absolute atomic E-state index is 14.0. The van der Waals surface area contributed by atoms with Crippen LogP contribution < -0.4 is 4.74 Å². The zero-order valence-electron chi connectivity index (χ0n) is 10.3. The van der Waals surface area contributed by atoms with E-state index in [1.54, 1.807) is 24.3 Å². The number of rotatable bonds is 3. The van der Waals surface area contributed by atoms with Crippen LogP contribution in [0.2, 0.25) is 10.0 Å². The lowest BCUT2D eigenvalue weighted by atomic mass is 10.0. The zero-order chi connectivity index (χ0) is 14.9. The second-order valence-corrected chi connectivity index (χ2v) is 6.59. The average molecular weight is 443 g/mol. The summed E-state index contributed by atoms with van der Waals surface area (Å²) in [6, 6.07) is 8.08. The van der Waals surface area contributed by atoms with E-state index >= 15 is 0 Å². The van der Waals surface area contributed by atoms with E-state index in [9.17, 15) is 4.39 Å². The number of ether oxygens (including phenoxy) is 1. The molecular formula is C14H9Br2Cl2FO. The monoisotopic (exact) mass is 440 g/mol. The number of halogens is 5. The number of alkyl halides is 1. The molecule has 0 aliphatic carbocycles. The predicted molar refractivity (Wildman–Crippen MR) is 87.9 cm³/mol. The summed E-state index contributed by atoms with van der Waals surface area (Å²) in [5.41, 5.74) is 1.14. The summed E-state index contributed by atoms with van der Waals surface area (Å²) in [6.45, 7) is 0. The average Bonchev–Trinajstić information content (AvgIpc) is 2.40. The minimum atomic E-state index is -0.422. The molecule has 0 N–H and O–H groups in total. The fourth-order valence-electron chi connectivity index (χ4n) is 1.80. The van der Waals surface area contributed by atoms with Crippen molar-refractivity contribution in [1.29, 1.82) is 0 Å². The quantitative estimate of drug-likeness (QED) is 0.500. The molecule has 2 rings (SSSR count). The Morgan fingerprint density at radius 3 is 2.50 bits per heavy atom. The molecule has 1 atom stereocenters. The van der Waals surface area contributed by atoms with Gasteiger partial charge in [-0.15, -0.1) is 0 Å². The summed E-state index contributed by atoms with van der Waals surface area (Å²) in [4.78, 5) is -0.422. The van der Waals surface area contributed by atoms with E-state index in [1.807, 2.05) is 0 Å². The van der Waals surface area contributed by atoms with Crippen molar-refractivity contribution in [3.63, 3.8) is 0 Å². The van der Waals surface area contributed by atoms with Crippen LogP contribution in [0.3, 0.4) is 0 Å². The fraction of sp³-hybridized carbons (Fsp3) is 0.143. The molecule has 0 aromatic heterocycles. The third kappa shape index (κ3) is 3.14. The summed E-state index contributed by atoms with van der Waals surface area (Å²) in [6.07, 6.45) is 0. The van der Waals surface area contributed by atoms with E-state index in [0.29, 0.717) is 31.4 Å². The second-order valence-electron chi connectivity index (χ2n) is 4.01. The first-order valence-corrected chi connectivity index (χ1v) is 8.03. The number of hydrogen-bond donors (Lipinski definition) is 0. The topological polar surface area (TPSA) is 9.23 Å². The zero-order valence-corrected chi connectivity index (χ0v) is 14.9. The summed E-state index contributed by atoms with van der Waals surface area (Å²) >= 11 is 19.1. The fourth-order valence-corrected chi connectivity index (χ4v) is 4.17. The lowest BCUT2D eigenvalue weighted by molar-refractivity contribution is 0.415. The molecule has 0 spiro atoms. The second kappa shape index (κ2) is 6.65. The van der Waals surface area contributed by atoms with Gasteiger partial charge in [0.15, 0.2) is 0 Å². The molecule has 0 heterocycles. The molecule has 0 aliphatic heterocycles. The predicted octanol–water partition coefficient (Wildman–Crippen LogP) is 6.39. The van der Waals surface area contributed by atoms with Gasteiger partial charge >= 0.3 is 0 Å². The first-order chi connectivity index (χ1) is 9.45. The molecule has 20 heavy (non-hydrogen) atoms. The van der Waals surface area contributed by atoms with Crippen molar-refractivity contribution in [2.45, 2.75) is 4.83 Å². The minimum Gasteiger partial charge on any atom is -0.495 e. The molecule has 1 unspecified atom stereocenters. The third-order valence-corrected chi connectivity index (χ3v) is 5.06. The molecular weight excluding hydrogens is 434 g/mol. The summed E-state index contributed by atoms with van der Waals surface area (Å²) in [5.74, 6) is 0.150. The largest absolute Gasteiger partial charge is 0.495 e. The molecule has 0 saturated heterocycles. The highest BCUT2D eigenvalue weighted by molar-refractivity contribution is 9.11. The van der Waals surface area contributed by atoms with Crippen molar-refractivity contribution in [2.75, 3.05) is 7.11 Å². The Balaban J connectivity index is 2.54. The van der Waals surface area contributed by atoms with Crippen molar-refractivity contribution in [2.24, 2.45) is 0 Å². The van der Waals surface area contributed by atoms with E-state index < -0.39 is 4.83 Å². The summed E-state index contributed by atoms with van der Waals surface area (Å²) in [5, 5.41) is 0.868. The summed E-state index contributed by atoms with van der Waals surface area (Å²) < 4.78 is 19.8. The van der Waals surface area contributed by atoms with Crippen molar-refractivity contribution < 1.29 is 9.13 Å². The first-order valence-electron chi connectivity index (χ1n) is 5.56. The summed E-state index contributed by atoms with van der Waals surface area (Å²) in [7, 11) is 1.51. The first kappa shape index (κ1) is 16.1. The highest BCUT2D eigenvalue weighted by Crippen LogP contribution is 2.42. The molecule has 0 radical (unpaired) electrons. The van der Waals surface area contributed by atoms with Gasteiger partial charge in [-0.05, 0) is 23.8 Å². The van der Waals surface area contributed by atoms with E-state index in [0.717, 1.165) is 0 Å². The van der Waals surface area contributed by atoms with Gasteiger partial charge in [0.2, 0.25) is 0 Å². The minimum absolute atomic E-state index is 0.329. The van der Waals surface area contributed by atoms with Gasteiger partial charge in [0.1, 0.15) is 11.6 Å². The standard InChI is InChI=1S/C14H9Br2Cl2FO/c1-20-12-6-9(17)7(5-10(12)18)14(16)13-8(15)3-2-4-11(13)19/h2-6,14H,1H3. The third-order valence-electron chi connectivity index (χ3n) is 2.80. The number of benzene rings is 2. The van der Waals surface area contributed by atoms with Gasteiger partial charge in [-0.25, -0.2) is 4.39 Å². The molecule has 0 aliphatic rings. The maximum Gasteiger partial charge on any atom is 0.138 e. The SMILES string of the molecule is COc1cc(Cl)c(C(Br)c2c(F)cccc2Br)cc1Cl. The van der Waals surface area contributed by atoms with E-state index in [-0.39, 0.29) is 5.82 Å². The Labute approximate surface area is 143 Å². The van der Waals surface area contributed by atoms with Gasteiger partial charge in [-0.2, -0.15) is 0 Å². The van der Waals surface area contributed by atoms with Crippen LogP contribution in [0.4, 0.5) is 4.39 Å². The van der Waals surface area contributed by atoms with E-state index in [1.165, 1.54) is 13.2 Å². The molecule has 2 aromatic rings. The highest BCUT2D eigenvalue weighted by atomic mass is 79.9. The molecule has 0 bridgehead atoms. The lowest BCUT2D eigenvalue weighted by Crippen LogP contribution is -1.99. The van der Waals surface area contributed by atoms with Crippen LogP contribution in [0.25, 0.3) is 0 Å². The molecule has 106 valence electrons. The van der Waals surface area contributed by atoms with Gasteiger partial charge in [-0.3, -0.25) is 0 Å². The molecule has 2 aromatic carbocycles. The van der Waals surface area contributed by atoms with Gasteiger partial charge in [0.25, 0.3) is 0 Å². The van der Waals surface area contributed by atoms with Crippen LogP contribution in [-0.4, -0.2) is 7.11 Å². The number of hydrogen-bond acceptors (Lipinski definition) is 1. The maximum atomic E-state index is 14.0. The molecule has 0 amide bonds. The highest BCUT2D eigenvalue weighted by Gasteiger charge is 2.21. The Kier molecular flexibility index (Phi) is 5.35. The van der Waals surface area contributed by atoms with Crippen LogP contribution >= 0.6 is 55.1 Å². The van der Waals surface area contributed by atoms with Gasteiger partial charge in [0, 0.05) is 21.1 Å².